The number of unbranched alkanes of at least 4 members (excludes halogenated alkanes) is 6. The van der Waals surface area contributed by atoms with Crippen LogP contribution in [0.5, 0.6) is 0 Å². The molecule has 0 aromatic heterocycles. The van der Waals surface area contributed by atoms with Crippen molar-refractivity contribution in [3.63, 3.8) is 0 Å². The fourth-order valence-electron chi connectivity index (χ4n) is 1.29. The van der Waals surface area contributed by atoms with Crippen LogP contribution < -0.4 is 0 Å². The van der Waals surface area contributed by atoms with Crippen molar-refractivity contribution in [2.24, 2.45) is 0 Å². The zero-order valence-electron chi connectivity index (χ0n) is 12.2. The molecule has 17 heavy (non-hydrogen) atoms. The second-order valence-electron chi connectivity index (χ2n) is 5.25. The molecule has 0 unspecified atom stereocenters. The molecule has 0 aliphatic heterocycles. The fourth-order valence-corrected chi connectivity index (χ4v) is 1.29. The van der Waals surface area contributed by atoms with Crippen molar-refractivity contribution in [2.45, 2.75) is 85.2 Å². The molecule has 0 aromatic rings. The number of ether oxygens (including phenoxy) is 1. The predicted molar refractivity (Wildman–Crippen MR) is 72.5 cm³/mol. The molecule has 104 valence electrons. The maximum Gasteiger partial charge on any atom is 0.506 e. The summed E-state index contributed by atoms with van der Waals surface area (Å²) in [5.41, 5.74) is -0.578. The first-order valence-corrected chi connectivity index (χ1v) is 6.75. The van der Waals surface area contributed by atoms with E-state index in [-0.39, 0.29) is 0 Å². The maximum atomic E-state index is 9.79. The smallest absolute Gasteiger partial charge is 0.450 e. The summed E-state index contributed by atoms with van der Waals surface area (Å²) in [7, 11) is 0. The van der Waals surface area contributed by atoms with E-state index in [1.807, 2.05) is 0 Å². The summed E-state index contributed by atoms with van der Waals surface area (Å²) in [5.74, 6) is 0. The van der Waals surface area contributed by atoms with E-state index in [0.29, 0.717) is 0 Å². The molecular weight excluding hydrogens is 216 g/mol. The van der Waals surface area contributed by atoms with E-state index in [0.717, 1.165) is 0 Å². The molecular formula is C14H30O3. The summed E-state index contributed by atoms with van der Waals surface area (Å²) in [4.78, 5) is 9.79. The Bertz CT molecular complexity index is 165. The van der Waals surface area contributed by atoms with Gasteiger partial charge in [-0.2, -0.15) is 0 Å². The van der Waals surface area contributed by atoms with Crippen LogP contribution in [0.3, 0.4) is 0 Å². The van der Waals surface area contributed by atoms with Gasteiger partial charge in [-0.15, -0.1) is 0 Å². The molecule has 0 rings (SSSR count). The number of hydrogen-bond donors (Lipinski definition) is 1. The summed E-state index contributed by atoms with van der Waals surface area (Å²) in [6.07, 6.45) is 8.75. The molecule has 0 heterocycles. The summed E-state index contributed by atoms with van der Waals surface area (Å²) in [5, 5.41) is 8.03. The minimum Gasteiger partial charge on any atom is -0.450 e. The van der Waals surface area contributed by atoms with E-state index < -0.39 is 11.8 Å². The first kappa shape index (κ1) is 18.6. The zero-order valence-corrected chi connectivity index (χ0v) is 12.2. The largest absolute Gasteiger partial charge is 0.506 e. The van der Waals surface area contributed by atoms with E-state index >= 15 is 0 Å². The highest BCUT2D eigenvalue weighted by molar-refractivity contribution is 5.57. The highest BCUT2D eigenvalue weighted by Crippen LogP contribution is 2.06. The standard InChI is InChI=1S/C9H20.C5H10O3/c1-3-5-7-9-8-6-4-2;1-5(2,3)8-4(6)7/h3-9H2,1-2H3;1-3H3,(H,6,7). The first-order chi connectivity index (χ1) is 7.83. The van der Waals surface area contributed by atoms with Crippen molar-refractivity contribution in [3.05, 3.63) is 0 Å². The monoisotopic (exact) mass is 246 g/mol. The number of carbonyl (C=O) groups is 1. The lowest BCUT2D eigenvalue weighted by Crippen LogP contribution is -2.22. The molecule has 3 heteroatoms. The van der Waals surface area contributed by atoms with Crippen LogP contribution in [-0.2, 0) is 4.74 Å². The van der Waals surface area contributed by atoms with Crippen LogP contribution in [0.25, 0.3) is 0 Å². The van der Waals surface area contributed by atoms with Gasteiger partial charge in [0.05, 0.1) is 0 Å². The second-order valence-corrected chi connectivity index (χ2v) is 5.25. The third-order valence-electron chi connectivity index (χ3n) is 2.10. The van der Waals surface area contributed by atoms with Gasteiger partial charge >= 0.3 is 6.16 Å². The summed E-state index contributed by atoms with van der Waals surface area (Å²) in [6, 6.07) is 0. The van der Waals surface area contributed by atoms with E-state index in [9.17, 15) is 4.79 Å². The van der Waals surface area contributed by atoms with Gasteiger partial charge in [0, 0.05) is 0 Å². The fraction of sp³-hybridized carbons (Fsp3) is 0.929. The van der Waals surface area contributed by atoms with Crippen molar-refractivity contribution in [1.82, 2.24) is 0 Å². The Morgan fingerprint density at radius 2 is 1.29 bits per heavy atom. The minimum absolute atomic E-state index is 0.578. The molecule has 0 saturated carbocycles. The lowest BCUT2D eigenvalue weighted by atomic mass is 10.1. The van der Waals surface area contributed by atoms with E-state index in [1.54, 1.807) is 20.8 Å². The topological polar surface area (TPSA) is 46.5 Å². The Labute approximate surface area is 107 Å². The van der Waals surface area contributed by atoms with Crippen molar-refractivity contribution in [2.75, 3.05) is 0 Å². The molecule has 0 bridgehead atoms. The Kier molecular flexibility index (Phi) is 12.9. The minimum atomic E-state index is -1.22. The third kappa shape index (κ3) is 25.5. The summed E-state index contributed by atoms with van der Waals surface area (Å²) in [6.45, 7) is 9.57. The quantitative estimate of drug-likeness (QED) is 0.515. The molecule has 0 amide bonds. The second kappa shape index (κ2) is 11.7. The van der Waals surface area contributed by atoms with Crippen molar-refractivity contribution in [1.29, 1.82) is 0 Å². The molecule has 0 atom stereocenters. The molecule has 0 radical (unpaired) electrons. The predicted octanol–water partition coefficient (Wildman–Crippen LogP) is 5.24. The number of rotatable bonds is 6. The van der Waals surface area contributed by atoms with Gasteiger partial charge in [-0.1, -0.05) is 58.8 Å². The van der Waals surface area contributed by atoms with E-state index in [2.05, 4.69) is 18.6 Å². The average molecular weight is 246 g/mol. The lowest BCUT2D eigenvalue weighted by molar-refractivity contribution is 0.0150. The SMILES string of the molecule is CC(C)(C)OC(=O)O.CCCCCCCCC. The van der Waals surface area contributed by atoms with Gasteiger partial charge < -0.3 is 9.84 Å². The van der Waals surface area contributed by atoms with Crippen LogP contribution >= 0.6 is 0 Å². The average Bonchev–Trinajstić information content (AvgIpc) is 2.15. The highest BCUT2D eigenvalue weighted by Gasteiger charge is 2.13. The zero-order chi connectivity index (χ0) is 13.7. The third-order valence-corrected chi connectivity index (χ3v) is 2.10. The van der Waals surface area contributed by atoms with E-state index in [1.165, 1.54) is 44.9 Å². The maximum absolute atomic E-state index is 9.79. The molecule has 0 aliphatic rings. The van der Waals surface area contributed by atoms with Crippen LogP contribution in [0.15, 0.2) is 0 Å². The lowest BCUT2D eigenvalue weighted by Gasteiger charge is -2.15. The Morgan fingerprint density at radius 1 is 0.941 bits per heavy atom. The van der Waals surface area contributed by atoms with Crippen molar-refractivity contribution < 1.29 is 14.6 Å². The van der Waals surface area contributed by atoms with Crippen LogP contribution in [0.1, 0.15) is 79.6 Å². The molecule has 0 saturated heterocycles. The number of hydrogen-bond acceptors (Lipinski definition) is 2. The summed E-state index contributed by atoms with van der Waals surface area (Å²) < 4.78 is 4.35. The van der Waals surface area contributed by atoms with Crippen molar-refractivity contribution in [3.8, 4) is 0 Å². The molecule has 0 spiro atoms. The molecule has 0 aromatic carbocycles. The van der Waals surface area contributed by atoms with Gasteiger partial charge in [-0.05, 0) is 20.8 Å². The molecule has 3 nitrogen and oxygen atoms in total. The van der Waals surface area contributed by atoms with Crippen LogP contribution in [0, 0.1) is 0 Å². The Hall–Kier alpha value is -0.730. The van der Waals surface area contributed by atoms with Gasteiger partial charge in [-0.25, -0.2) is 4.79 Å². The Morgan fingerprint density at radius 3 is 1.47 bits per heavy atom. The van der Waals surface area contributed by atoms with Gasteiger partial charge in [0.25, 0.3) is 0 Å². The molecule has 0 fully saturated rings. The first-order valence-electron chi connectivity index (χ1n) is 6.75. The van der Waals surface area contributed by atoms with E-state index in [4.69, 9.17) is 5.11 Å². The van der Waals surface area contributed by atoms with Crippen molar-refractivity contribution >= 4 is 6.16 Å². The van der Waals surface area contributed by atoms with Crippen LogP contribution in [-0.4, -0.2) is 16.9 Å². The van der Waals surface area contributed by atoms with Crippen LogP contribution in [0.2, 0.25) is 0 Å². The normalized spacial score (nSPS) is 10.4. The van der Waals surface area contributed by atoms with Gasteiger partial charge in [-0.3, -0.25) is 0 Å². The van der Waals surface area contributed by atoms with Gasteiger partial charge in [0.1, 0.15) is 5.60 Å². The Balaban J connectivity index is 0. The molecule has 1 N–H and O–H groups in total. The highest BCUT2D eigenvalue weighted by atomic mass is 16.7. The van der Waals surface area contributed by atoms with Crippen LogP contribution in [0.4, 0.5) is 4.79 Å². The van der Waals surface area contributed by atoms with Gasteiger partial charge in [0.15, 0.2) is 0 Å². The molecule has 0 aliphatic carbocycles. The summed E-state index contributed by atoms with van der Waals surface area (Å²) >= 11 is 0. The number of carboxylic acid groups (broad SMARTS) is 1. The van der Waals surface area contributed by atoms with Gasteiger partial charge in [0.2, 0.25) is 0 Å².